The minimum atomic E-state index is -0.611. The molecule has 3 heteroatoms. The van der Waals surface area contributed by atoms with E-state index >= 15 is 0 Å². The number of carbonyl (C=O) groups is 2. The monoisotopic (exact) mass is 145 g/mol. The van der Waals surface area contributed by atoms with Crippen LogP contribution < -0.4 is 0 Å². The minimum Gasteiger partial charge on any atom is -0.465 e. The van der Waals surface area contributed by atoms with Crippen molar-refractivity contribution in [3.63, 3.8) is 0 Å². The Kier molecular flexibility index (Phi) is 3.69. The Bertz CT molecular complexity index is 140. The molecule has 0 aliphatic carbocycles. The van der Waals surface area contributed by atoms with Crippen molar-refractivity contribution in [2.24, 2.45) is 5.92 Å². The molecule has 0 N–H and O–H groups in total. The maximum Gasteiger partial charge on any atom is 0.316 e. The van der Waals surface area contributed by atoms with Gasteiger partial charge in [0.15, 0.2) is 0 Å². The van der Waals surface area contributed by atoms with Crippen LogP contribution in [0.5, 0.6) is 0 Å². The Morgan fingerprint density at radius 3 is 2.30 bits per heavy atom. The van der Waals surface area contributed by atoms with Crippen LogP contribution in [-0.4, -0.2) is 18.4 Å². The molecule has 0 aliphatic heterocycles. The third kappa shape index (κ3) is 2.62. The molecule has 1 unspecified atom stereocenters. The van der Waals surface area contributed by atoms with Gasteiger partial charge in [0, 0.05) is 0 Å². The lowest BCUT2D eigenvalue weighted by Crippen LogP contribution is -2.20. The topological polar surface area (TPSA) is 43.4 Å². The Labute approximate surface area is 60.4 Å². The molecular formula is C7H12O3. The number of hydrogen-bond donors (Lipinski definition) is 0. The molecule has 3 nitrogen and oxygen atoms in total. The van der Waals surface area contributed by atoms with Crippen LogP contribution in [0.1, 0.15) is 20.8 Å². The molecule has 1 atom stereocenters. The van der Waals surface area contributed by atoms with Crippen molar-refractivity contribution in [1.29, 1.82) is 0 Å². The summed E-state index contributed by atoms with van der Waals surface area (Å²) < 4.78 is 4.61. The van der Waals surface area contributed by atoms with Crippen LogP contribution in [0.3, 0.4) is 0 Å². The first kappa shape index (κ1) is 9.14. The standard InChI is InChI=1S/C7H12O3/c1-4-10-7(9)5(2)6(3)8/h5H,4H2,1-3H3/i2+1. The molecule has 0 bridgehead atoms. The maximum atomic E-state index is 10.7. The summed E-state index contributed by atoms with van der Waals surface area (Å²) in [5.74, 6) is -1.20. The normalized spacial score (nSPS) is 12.3. The molecule has 0 radical (unpaired) electrons. The van der Waals surface area contributed by atoms with E-state index < -0.39 is 11.9 Å². The zero-order valence-electron chi connectivity index (χ0n) is 6.51. The summed E-state index contributed by atoms with van der Waals surface area (Å²) in [5.41, 5.74) is 0. The van der Waals surface area contributed by atoms with Crippen molar-refractivity contribution >= 4 is 11.8 Å². The summed E-state index contributed by atoms with van der Waals surface area (Å²) in [4.78, 5) is 21.3. The van der Waals surface area contributed by atoms with Crippen molar-refractivity contribution in [3.8, 4) is 0 Å². The van der Waals surface area contributed by atoms with Gasteiger partial charge in [0.25, 0.3) is 0 Å². The highest BCUT2D eigenvalue weighted by atomic mass is 16.5. The SMILES string of the molecule is CCOC(=O)C([13CH3])C(C)=O. The molecule has 10 heavy (non-hydrogen) atoms. The van der Waals surface area contributed by atoms with Crippen LogP contribution >= 0.6 is 0 Å². The number of ketones is 1. The molecule has 0 amide bonds. The van der Waals surface area contributed by atoms with Gasteiger partial charge in [-0.3, -0.25) is 9.59 Å². The Hall–Kier alpha value is -0.860. The lowest BCUT2D eigenvalue weighted by atomic mass is 10.2. The fraction of sp³-hybridized carbons (Fsp3) is 0.714. The van der Waals surface area contributed by atoms with Crippen LogP contribution in [0.15, 0.2) is 0 Å². The molecule has 0 aromatic carbocycles. The van der Waals surface area contributed by atoms with Crippen molar-refractivity contribution in [3.05, 3.63) is 0 Å². The van der Waals surface area contributed by atoms with Crippen LogP contribution in [0.25, 0.3) is 0 Å². The molecular weight excluding hydrogens is 133 g/mol. The maximum absolute atomic E-state index is 10.7. The van der Waals surface area contributed by atoms with E-state index in [-0.39, 0.29) is 5.78 Å². The first-order valence-corrected chi connectivity index (χ1v) is 3.26. The van der Waals surface area contributed by atoms with Crippen LogP contribution in [0.4, 0.5) is 0 Å². The van der Waals surface area contributed by atoms with Gasteiger partial charge in [0.1, 0.15) is 11.7 Å². The molecule has 0 spiro atoms. The van der Waals surface area contributed by atoms with Gasteiger partial charge in [0.05, 0.1) is 6.61 Å². The molecule has 0 aromatic heterocycles. The summed E-state index contributed by atoms with van der Waals surface area (Å²) >= 11 is 0. The predicted octanol–water partition coefficient (Wildman–Crippen LogP) is 0.775. The fourth-order valence-electron chi connectivity index (χ4n) is 0.433. The zero-order valence-corrected chi connectivity index (χ0v) is 6.51. The second-order valence-electron chi connectivity index (χ2n) is 2.08. The predicted molar refractivity (Wildman–Crippen MR) is 36.5 cm³/mol. The Morgan fingerprint density at radius 2 is 2.00 bits per heavy atom. The molecule has 0 fully saturated rings. The third-order valence-corrected chi connectivity index (χ3v) is 1.25. The molecule has 58 valence electrons. The molecule has 0 aliphatic rings. The molecule has 0 rings (SSSR count). The van der Waals surface area contributed by atoms with E-state index in [4.69, 9.17) is 0 Å². The van der Waals surface area contributed by atoms with Crippen LogP contribution in [0, 0.1) is 5.92 Å². The van der Waals surface area contributed by atoms with E-state index in [9.17, 15) is 9.59 Å². The molecule has 0 saturated carbocycles. The minimum absolute atomic E-state index is 0.154. The fourth-order valence-corrected chi connectivity index (χ4v) is 0.433. The average molecular weight is 145 g/mol. The third-order valence-electron chi connectivity index (χ3n) is 1.25. The highest BCUT2D eigenvalue weighted by Gasteiger charge is 2.17. The summed E-state index contributed by atoms with van der Waals surface area (Å²) in [6, 6.07) is 0. The smallest absolute Gasteiger partial charge is 0.316 e. The first-order valence-electron chi connectivity index (χ1n) is 3.26. The quantitative estimate of drug-likeness (QED) is 0.335. The zero-order chi connectivity index (χ0) is 8.15. The van der Waals surface area contributed by atoms with E-state index in [0.717, 1.165) is 0 Å². The molecule has 0 heterocycles. The van der Waals surface area contributed by atoms with E-state index in [1.807, 2.05) is 0 Å². The number of ether oxygens (including phenoxy) is 1. The van der Waals surface area contributed by atoms with Crippen LogP contribution in [0.2, 0.25) is 0 Å². The number of Topliss-reactive ketones (excluding diaryl/α,β-unsaturated/α-hetero) is 1. The number of carbonyl (C=O) groups excluding carboxylic acids is 2. The van der Waals surface area contributed by atoms with Gasteiger partial charge in [-0.05, 0) is 20.8 Å². The van der Waals surface area contributed by atoms with Gasteiger partial charge < -0.3 is 4.74 Å². The summed E-state index contributed by atoms with van der Waals surface area (Å²) in [5, 5.41) is 0. The Morgan fingerprint density at radius 1 is 1.50 bits per heavy atom. The first-order chi connectivity index (χ1) is 4.59. The van der Waals surface area contributed by atoms with Crippen molar-refractivity contribution in [1.82, 2.24) is 0 Å². The van der Waals surface area contributed by atoms with Gasteiger partial charge in [-0.2, -0.15) is 0 Å². The molecule has 0 saturated heterocycles. The largest absolute Gasteiger partial charge is 0.465 e. The Balaban J connectivity index is 3.82. The average Bonchev–Trinajstić information content (AvgIpc) is 1.87. The van der Waals surface area contributed by atoms with Crippen molar-refractivity contribution in [2.45, 2.75) is 20.8 Å². The molecule has 0 aromatic rings. The highest BCUT2D eigenvalue weighted by molar-refractivity contribution is 5.97. The van der Waals surface area contributed by atoms with Gasteiger partial charge >= 0.3 is 5.97 Å². The lowest BCUT2D eigenvalue weighted by molar-refractivity contribution is -0.150. The number of hydrogen-bond acceptors (Lipinski definition) is 3. The summed E-state index contributed by atoms with van der Waals surface area (Å²) in [7, 11) is 0. The number of rotatable bonds is 3. The van der Waals surface area contributed by atoms with Gasteiger partial charge in [-0.1, -0.05) is 0 Å². The number of esters is 1. The van der Waals surface area contributed by atoms with E-state index in [2.05, 4.69) is 4.74 Å². The second-order valence-corrected chi connectivity index (χ2v) is 2.08. The van der Waals surface area contributed by atoms with Crippen molar-refractivity contribution < 1.29 is 14.3 Å². The highest BCUT2D eigenvalue weighted by Crippen LogP contribution is 1.98. The van der Waals surface area contributed by atoms with Crippen LogP contribution in [-0.2, 0) is 14.3 Å². The summed E-state index contributed by atoms with van der Waals surface area (Å²) in [6.07, 6.45) is 0. The van der Waals surface area contributed by atoms with E-state index in [1.54, 1.807) is 13.8 Å². The van der Waals surface area contributed by atoms with Gasteiger partial charge in [0.2, 0.25) is 0 Å². The summed E-state index contributed by atoms with van der Waals surface area (Å²) in [6.45, 7) is 4.96. The van der Waals surface area contributed by atoms with Gasteiger partial charge in [-0.15, -0.1) is 0 Å². The second kappa shape index (κ2) is 4.04. The van der Waals surface area contributed by atoms with Gasteiger partial charge in [-0.25, -0.2) is 0 Å². The van der Waals surface area contributed by atoms with E-state index in [0.29, 0.717) is 6.61 Å². The van der Waals surface area contributed by atoms with E-state index in [1.165, 1.54) is 6.92 Å². The van der Waals surface area contributed by atoms with Crippen molar-refractivity contribution in [2.75, 3.05) is 6.61 Å². The lowest BCUT2D eigenvalue weighted by Gasteiger charge is -2.04.